The molecule has 0 radical (unpaired) electrons. The van der Waals surface area contributed by atoms with Crippen LogP contribution < -0.4 is 5.90 Å². The lowest BCUT2D eigenvalue weighted by molar-refractivity contribution is -0.00869. The quantitative estimate of drug-likeness (QED) is 0.623. The number of rotatable bonds is 1. The van der Waals surface area contributed by atoms with Gasteiger partial charge in [-0.05, 0) is 11.8 Å². The SMILES string of the molecule is CC(C)(C)C1C(ON)CCN1C(=O)O. The topological polar surface area (TPSA) is 75.8 Å². The molecule has 0 bridgehead atoms. The molecule has 2 atom stereocenters. The van der Waals surface area contributed by atoms with Gasteiger partial charge in [0.25, 0.3) is 0 Å². The Morgan fingerprint density at radius 3 is 2.50 bits per heavy atom. The molecule has 0 aromatic carbocycles. The second kappa shape index (κ2) is 3.74. The summed E-state index contributed by atoms with van der Waals surface area (Å²) in [6.07, 6.45) is -0.416. The molecule has 5 nitrogen and oxygen atoms in total. The van der Waals surface area contributed by atoms with E-state index in [1.165, 1.54) is 4.90 Å². The van der Waals surface area contributed by atoms with Crippen molar-refractivity contribution in [3.8, 4) is 0 Å². The number of nitrogens with zero attached hydrogens (tertiary/aromatic N) is 1. The summed E-state index contributed by atoms with van der Waals surface area (Å²) in [6.45, 7) is 6.47. The van der Waals surface area contributed by atoms with E-state index >= 15 is 0 Å². The van der Waals surface area contributed by atoms with Crippen LogP contribution >= 0.6 is 0 Å². The van der Waals surface area contributed by atoms with Gasteiger partial charge >= 0.3 is 6.09 Å². The second-order valence-electron chi connectivity index (χ2n) is 4.75. The summed E-state index contributed by atoms with van der Waals surface area (Å²) >= 11 is 0. The number of likely N-dealkylation sites (tertiary alicyclic amines) is 1. The highest BCUT2D eigenvalue weighted by atomic mass is 16.6. The van der Waals surface area contributed by atoms with E-state index < -0.39 is 6.09 Å². The molecule has 2 unspecified atom stereocenters. The van der Waals surface area contributed by atoms with E-state index in [4.69, 9.17) is 15.8 Å². The molecule has 0 spiro atoms. The molecule has 0 saturated carbocycles. The lowest BCUT2D eigenvalue weighted by Crippen LogP contribution is -2.48. The highest BCUT2D eigenvalue weighted by molar-refractivity contribution is 5.66. The Bertz CT molecular complexity index is 225. The minimum absolute atomic E-state index is 0.154. The maximum Gasteiger partial charge on any atom is 0.407 e. The van der Waals surface area contributed by atoms with Gasteiger partial charge in [0.2, 0.25) is 0 Å². The molecular weight excluding hydrogens is 184 g/mol. The van der Waals surface area contributed by atoms with Gasteiger partial charge in [-0.25, -0.2) is 10.7 Å². The lowest BCUT2D eigenvalue weighted by atomic mass is 9.84. The van der Waals surface area contributed by atoms with Crippen molar-refractivity contribution in [2.45, 2.75) is 39.3 Å². The molecule has 0 aliphatic carbocycles. The molecule has 0 aromatic rings. The van der Waals surface area contributed by atoms with Gasteiger partial charge in [0.1, 0.15) is 6.10 Å². The third-order valence-corrected chi connectivity index (χ3v) is 2.65. The predicted molar refractivity (Wildman–Crippen MR) is 51.7 cm³/mol. The van der Waals surface area contributed by atoms with Gasteiger partial charge in [0, 0.05) is 6.54 Å². The first kappa shape index (κ1) is 11.3. The van der Waals surface area contributed by atoms with E-state index in [1.807, 2.05) is 20.8 Å². The van der Waals surface area contributed by atoms with Crippen molar-refractivity contribution in [3.63, 3.8) is 0 Å². The van der Waals surface area contributed by atoms with Crippen LogP contribution in [-0.2, 0) is 4.84 Å². The van der Waals surface area contributed by atoms with Crippen molar-refractivity contribution in [1.82, 2.24) is 4.90 Å². The van der Waals surface area contributed by atoms with E-state index in [0.717, 1.165) is 0 Å². The Kier molecular flexibility index (Phi) is 3.01. The van der Waals surface area contributed by atoms with Crippen molar-refractivity contribution in [2.75, 3.05) is 6.54 Å². The minimum Gasteiger partial charge on any atom is -0.465 e. The van der Waals surface area contributed by atoms with Gasteiger partial charge in [-0.1, -0.05) is 20.8 Å². The van der Waals surface area contributed by atoms with Crippen molar-refractivity contribution >= 4 is 6.09 Å². The fraction of sp³-hybridized carbons (Fsp3) is 0.889. The van der Waals surface area contributed by atoms with Crippen molar-refractivity contribution < 1.29 is 14.7 Å². The summed E-state index contributed by atoms with van der Waals surface area (Å²) in [6, 6.07) is -0.162. The maximum absolute atomic E-state index is 10.9. The number of hydrogen-bond donors (Lipinski definition) is 2. The van der Waals surface area contributed by atoms with Gasteiger partial charge in [0.15, 0.2) is 0 Å². The summed E-state index contributed by atoms with van der Waals surface area (Å²) in [7, 11) is 0. The Morgan fingerprint density at radius 2 is 2.14 bits per heavy atom. The third kappa shape index (κ3) is 1.99. The molecular formula is C9H18N2O3. The Balaban J connectivity index is 2.86. The highest BCUT2D eigenvalue weighted by Crippen LogP contribution is 2.33. The van der Waals surface area contributed by atoms with Crippen LogP contribution in [0, 0.1) is 5.41 Å². The molecule has 5 heteroatoms. The molecule has 1 saturated heterocycles. The zero-order chi connectivity index (χ0) is 10.9. The molecule has 1 rings (SSSR count). The van der Waals surface area contributed by atoms with Crippen LogP contribution in [0.25, 0.3) is 0 Å². The van der Waals surface area contributed by atoms with E-state index in [2.05, 4.69) is 0 Å². The second-order valence-corrected chi connectivity index (χ2v) is 4.75. The van der Waals surface area contributed by atoms with E-state index in [0.29, 0.717) is 13.0 Å². The number of carboxylic acid groups (broad SMARTS) is 1. The molecule has 1 aliphatic heterocycles. The smallest absolute Gasteiger partial charge is 0.407 e. The van der Waals surface area contributed by atoms with Gasteiger partial charge in [0.05, 0.1) is 6.04 Å². The number of carbonyl (C=O) groups is 1. The number of amides is 1. The molecule has 82 valence electrons. The highest BCUT2D eigenvalue weighted by Gasteiger charge is 2.44. The Labute approximate surface area is 83.8 Å². The molecule has 1 amide bonds. The summed E-state index contributed by atoms with van der Waals surface area (Å²) in [5.41, 5.74) is -0.154. The Morgan fingerprint density at radius 1 is 1.57 bits per heavy atom. The number of hydrogen-bond acceptors (Lipinski definition) is 3. The van der Waals surface area contributed by atoms with Crippen LogP contribution in [-0.4, -0.2) is 34.8 Å². The largest absolute Gasteiger partial charge is 0.465 e. The molecule has 3 N–H and O–H groups in total. The first-order chi connectivity index (χ1) is 6.38. The average Bonchev–Trinajstić information content (AvgIpc) is 2.45. The van der Waals surface area contributed by atoms with Crippen LogP contribution in [0.1, 0.15) is 27.2 Å². The van der Waals surface area contributed by atoms with Crippen LogP contribution in [0.5, 0.6) is 0 Å². The molecule has 1 fully saturated rings. The van der Waals surface area contributed by atoms with Gasteiger partial charge < -0.3 is 10.0 Å². The summed E-state index contributed by atoms with van der Waals surface area (Å²) in [5, 5.41) is 8.99. The van der Waals surface area contributed by atoms with Crippen molar-refractivity contribution in [1.29, 1.82) is 0 Å². The summed E-state index contributed by atoms with van der Waals surface area (Å²) < 4.78 is 0. The first-order valence-electron chi connectivity index (χ1n) is 4.73. The monoisotopic (exact) mass is 202 g/mol. The van der Waals surface area contributed by atoms with E-state index in [9.17, 15) is 4.79 Å². The fourth-order valence-corrected chi connectivity index (χ4v) is 2.15. The van der Waals surface area contributed by atoms with E-state index in [1.54, 1.807) is 0 Å². The van der Waals surface area contributed by atoms with Crippen molar-refractivity contribution in [2.24, 2.45) is 11.3 Å². The van der Waals surface area contributed by atoms with Crippen LogP contribution in [0.15, 0.2) is 0 Å². The van der Waals surface area contributed by atoms with E-state index in [-0.39, 0.29) is 17.6 Å². The zero-order valence-corrected chi connectivity index (χ0v) is 8.86. The van der Waals surface area contributed by atoms with Crippen molar-refractivity contribution in [3.05, 3.63) is 0 Å². The van der Waals surface area contributed by atoms with Gasteiger partial charge in [-0.2, -0.15) is 0 Å². The van der Waals surface area contributed by atoms with Crippen LogP contribution in [0.2, 0.25) is 0 Å². The lowest BCUT2D eigenvalue weighted by Gasteiger charge is -2.35. The molecule has 0 aromatic heterocycles. The van der Waals surface area contributed by atoms with Gasteiger partial charge in [-0.3, -0.25) is 4.84 Å². The van der Waals surface area contributed by atoms with Crippen LogP contribution in [0.4, 0.5) is 4.79 Å². The third-order valence-electron chi connectivity index (χ3n) is 2.65. The fourth-order valence-electron chi connectivity index (χ4n) is 2.15. The standard InChI is InChI=1S/C9H18N2O3/c1-9(2,3)7-6(14-10)4-5-11(7)8(12)13/h6-7H,4-5,10H2,1-3H3,(H,12,13). The van der Waals surface area contributed by atoms with Crippen LogP contribution in [0.3, 0.4) is 0 Å². The predicted octanol–water partition coefficient (Wildman–Crippen LogP) is 1.04. The number of nitrogens with two attached hydrogens (primary N) is 1. The minimum atomic E-state index is -0.899. The molecule has 1 heterocycles. The molecule has 14 heavy (non-hydrogen) atoms. The zero-order valence-electron chi connectivity index (χ0n) is 8.86. The normalized spacial score (nSPS) is 28.1. The first-order valence-corrected chi connectivity index (χ1v) is 4.73. The maximum atomic E-state index is 10.9. The Hall–Kier alpha value is -0.810. The average molecular weight is 202 g/mol. The molecule has 1 aliphatic rings. The summed E-state index contributed by atoms with van der Waals surface area (Å²) in [5.74, 6) is 5.16. The summed E-state index contributed by atoms with van der Waals surface area (Å²) in [4.78, 5) is 17.2. The van der Waals surface area contributed by atoms with Gasteiger partial charge in [-0.15, -0.1) is 0 Å².